The number of hydrogen-bond acceptors (Lipinski definition) is 3. The Hall–Kier alpha value is -1.30. The number of amides is 2. The Balaban J connectivity index is 0.00000288. The highest BCUT2D eigenvalue weighted by Crippen LogP contribution is 2.32. The van der Waals surface area contributed by atoms with Crippen LogP contribution in [0.3, 0.4) is 0 Å². The van der Waals surface area contributed by atoms with Crippen LogP contribution in [0.2, 0.25) is 5.02 Å². The van der Waals surface area contributed by atoms with Crippen molar-refractivity contribution in [1.82, 2.24) is 4.90 Å². The van der Waals surface area contributed by atoms with Gasteiger partial charge in [-0.3, -0.25) is 9.59 Å². The number of rotatable bonds is 3. The SMILES string of the molecule is CN(C)C(=O)c1ccc(NC(=O)C2CCCCC2(C)N)cc1Cl.Cl. The summed E-state index contributed by atoms with van der Waals surface area (Å²) >= 11 is 6.17. The van der Waals surface area contributed by atoms with E-state index < -0.39 is 5.54 Å². The molecule has 2 atom stereocenters. The molecular formula is C17H25Cl2N3O2. The molecule has 0 aliphatic heterocycles. The van der Waals surface area contributed by atoms with Gasteiger partial charge in [0.25, 0.3) is 5.91 Å². The molecular weight excluding hydrogens is 349 g/mol. The molecule has 0 spiro atoms. The molecule has 3 N–H and O–H groups in total. The second-order valence-electron chi connectivity index (χ2n) is 6.69. The van der Waals surface area contributed by atoms with Crippen molar-refractivity contribution < 1.29 is 9.59 Å². The largest absolute Gasteiger partial charge is 0.345 e. The van der Waals surface area contributed by atoms with Crippen molar-refractivity contribution in [1.29, 1.82) is 0 Å². The standard InChI is InChI=1S/C17H24ClN3O2.ClH/c1-17(19)9-5-4-6-13(17)15(22)20-11-7-8-12(14(18)10-11)16(23)21(2)3;/h7-8,10,13H,4-6,9,19H2,1-3H3,(H,20,22);1H. The number of nitrogens with zero attached hydrogens (tertiary/aromatic N) is 1. The molecule has 0 aromatic heterocycles. The number of halogens is 2. The summed E-state index contributed by atoms with van der Waals surface area (Å²) in [5.41, 5.74) is 6.78. The molecule has 1 fully saturated rings. The van der Waals surface area contributed by atoms with Gasteiger partial charge in [-0.2, -0.15) is 0 Å². The Morgan fingerprint density at radius 3 is 2.54 bits per heavy atom. The van der Waals surface area contributed by atoms with E-state index in [1.807, 2.05) is 6.92 Å². The molecule has 2 unspecified atom stereocenters. The van der Waals surface area contributed by atoms with Gasteiger partial charge < -0.3 is 16.0 Å². The van der Waals surface area contributed by atoms with Crippen LogP contribution < -0.4 is 11.1 Å². The van der Waals surface area contributed by atoms with E-state index in [1.54, 1.807) is 32.3 Å². The summed E-state index contributed by atoms with van der Waals surface area (Å²) in [6.07, 6.45) is 3.72. The first kappa shape index (κ1) is 20.7. The van der Waals surface area contributed by atoms with Gasteiger partial charge in [-0.05, 0) is 38.0 Å². The van der Waals surface area contributed by atoms with Gasteiger partial charge in [-0.1, -0.05) is 24.4 Å². The van der Waals surface area contributed by atoms with Gasteiger partial charge in [0, 0.05) is 25.3 Å². The highest BCUT2D eigenvalue weighted by molar-refractivity contribution is 6.34. The molecule has 1 aliphatic rings. The van der Waals surface area contributed by atoms with Crippen LogP contribution in [0.5, 0.6) is 0 Å². The Morgan fingerprint density at radius 2 is 2.00 bits per heavy atom. The summed E-state index contributed by atoms with van der Waals surface area (Å²) in [6.45, 7) is 1.93. The lowest BCUT2D eigenvalue weighted by Crippen LogP contribution is -2.51. The fourth-order valence-electron chi connectivity index (χ4n) is 3.03. The molecule has 1 aliphatic carbocycles. The minimum Gasteiger partial charge on any atom is -0.345 e. The van der Waals surface area contributed by atoms with E-state index in [1.165, 1.54) is 4.90 Å². The second kappa shape index (κ2) is 8.19. The number of nitrogens with two attached hydrogens (primary N) is 1. The quantitative estimate of drug-likeness (QED) is 0.852. The Bertz CT molecular complexity index is 618. The molecule has 2 amide bonds. The molecule has 134 valence electrons. The highest BCUT2D eigenvalue weighted by atomic mass is 35.5. The minimum absolute atomic E-state index is 0. The van der Waals surface area contributed by atoms with Crippen molar-refractivity contribution in [2.75, 3.05) is 19.4 Å². The summed E-state index contributed by atoms with van der Waals surface area (Å²) in [6, 6.07) is 4.92. The highest BCUT2D eigenvalue weighted by Gasteiger charge is 2.37. The molecule has 0 heterocycles. The lowest BCUT2D eigenvalue weighted by molar-refractivity contribution is -0.122. The van der Waals surface area contributed by atoms with Crippen molar-refractivity contribution in [3.05, 3.63) is 28.8 Å². The lowest BCUT2D eigenvalue weighted by Gasteiger charge is -2.37. The molecule has 0 bridgehead atoms. The number of nitrogens with one attached hydrogen (secondary N) is 1. The third-order valence-electron chi connectivity index (χ3n) is 4.44. The van der Waals surface area contributed by atoms with E-state index in [4.69, 9.17) is 17.3 Å². The van der Waals surface area contributed by atoms with Crippen molar-refractivity contribution in [3.63, 3.8) is 0 Å². The Kier molecular flexibility index (Phi) is 7.08. The first-order valence-corrected chi connectivity index (χ1v) is 8.21. The maximum Gasteiger partial charge on any atom is 0.254 e. The van der Waals surface area contributed by atoms with Crippen LogP contribution in [0.1, 0.15) is 43.0 Å². The maximum absolute atomic E-state index is 12.5. The van der Waals surface area contributed by atoms with E-state index in [-0.39, 0.29) is 30.1 Å². The maximum atomic E-state index is 12.5. The zero-order chi connectivity index (χ0) is 17.2. The number of benzene rings is 1. The molecule has 0 radical (unpaired) electrons. The molecule has 0 saturated heterocycles. The summed E-state index contributed by atoms with van der Waals surface area (Å²) in [5.74, 6) is -0.467. The molecule has 2 rings (SSSR count). The Labute approximate surface area is 154 Å². The average Bonchev–Trinajstić information content (AvgIpc) is 2.46. The monoisotopic (exact) mass is 373 g/mol. The first-order chi connectivity index (χ1) is 10.7. The van der Waals surface area contributed by atoms with Crippen molar-refractivity contribution in [2.45, 2.75) is 38.1 Å². The third-order valence-corrected chi connectivity index (χ3v) is 4.76. The minimum atomic E-state index is -0.479. The molecule has 1 saturated carbocycles. The Morgan fingerprint density at radius 1 is 1.33 bits per heavy atom. The van der Waals surface area contributed by atoms with Crippen LogP contribution in [0.4, 0.5) is 5.69 Å². The third kappa shape index (κ3) is 4.62. The fraction of sp³-hybridized carbons (Fsp3) is 0.529. The number of anilines is 1. The zero-order valence-electron chi connectivity index (χ0n) is 14.3. The molecule has 24 heavy (non-hydrogen) atoms. The predicted molar refractivity (Wildman–Crippen MR) is 99.9 cm³/mol. The summed E-state index contributed by atoms with van der Waals surface area (Å²) in [7, 11) is 3.33. The van der Waals surface area contributed by atoms with Crippen molar-refractivity contribution in [2.24, 2.45) is 11.7 Å². The van der Waals surface area contributed by atoms with Gasteiger partial charge >= 0.3 is 0 Å². The van der Waals surface area contributed by atoms with E-state index in [2.05, 4.69) is 5.32 Å². The van der Waals surface area contributed by atoms with E-state index in [0.29, 0.717) is 16.3 Å². The van der Waals surface area contributed by atoms with E-state index in [9.17, 15) is 9.59 Å². The summed E-state index contributed by atoms with van der Waals surface area (Å²) < 4.78 is 0. The topological polar surface area (TPSA) is 75.4 Å². The van der Waals surface area contributed by atoms with Gasteiger partial charge in [0.15, 0.2) is 0 Å². The molecule has 7 heteroatoms. The van der Waals surface area contributed by atoms with Crippen LogP contribution >= 0.6 is 24.0 Å². The second-order valence-corrected chi connectivity index (χ2v) is 7.09. The van der Waals surface area contributed by atoms with Gasteiger partial charge in [-0.25, -0.2) is 0 Å². The summed E-state index contributed by atoms with van der Waals surface area (Å²) in [5, 5.41) is 3.20. The molecule has 1 aromatic rings. The van der Waals surface area contributed by atoms with E-state index in [0.717, 1.165) is 25.7 Å². The van der Waals surface area contributed by atoms with Gasteiger partial charge in [0.2, 0.25) is 5.91 Å². The van der Waals surface area contributed by atoms with Crippen molar-refractivity contribution >= 4 is 41.5 Å². The number of carbonyl (C=O) groups is 2. The average molecular weight is 374 g/mol. The predicted octanol–water partition coefficient (Wildman–Crippen LogP) is 3.31. The van der Waals surface area contributed by atoms with E-state index >= 15 is 0 Å². The summed E-state index contributed by atoms with van der Waals surface area (Å²) in [4.78, 5) is 25.9. The van der Waals surface area contributed by atoms with Crippen molar-refractivity contribution in [3.8, 4) is 0 Å². The normalized spacial score (nSPS) is 23.1. The fourth-order valence-corrected chi connectivity index (χ4v) is 3.29. The van der Waals surface area contributed by atoms with Crippen LogP contribution in [0.25, 0.3) is 0 Å². The van der Waals surface area contributed by atoms with Crippen LogP contribution in [-0.4, -0.2) is 36.3 Å². The lowest BCUT2D eigenvalue weighted by atomic mass is 9.74. The molecule has 1 aromatic carbocycles. The van der Waals surface area contributed by atoms with Gasteiger partial charge in [0.1, 0.15) is 0 Å². The van der Waals surface area contributed by atoms with Gasteiger partial charge in [-0.15, -0.1) is 12.4 Å². The smallest absolute Gasteiger partial charge is 0.254 e. The van der Waals surface area contributed by atoms with Crippen LogP contribution in [0.15, 0.2) is 18.2 Å². The first-order valence-electron chi connectivity index (χ1n) is 7.83. The number of hydrogen-bond donors (Lipinski definition) is 2. The van der Waals surface area contributed by atoms with Crippen LogP contribution in [0, 0.1) is 5.92 Å². The zero-order valence-corrected chi connectivity index (χ0v) is 15.8. The molecule has 5 nitrogen and oxygen atoms in total. The van der Waals surface area contributed by atoms with Gasteiger partial charge in [0.05, 0.1) is 16.5 Å². The number of carbonyl (C=O) groups excluding carboxylic acids is 2. The van der Waals surface area contributed by atoms with Crippen LogP contribution in [-0.2, 0) is 4.79 Å².